The predicted molar refractivity (Wildman–Crippen MR) is 55.2 cm³/mol. The normalized spacial score (nSPS) is 10.9. The second kappa shape index (κ2) is 5.01. The molecule has 1 aromatic carbocycles. The van der Waals surface area contributed by atoms with Crippen LogP contribution < -0.4 is 10.1 Å². The molecule has 0 aliphatic carbocycles. The van der Waals surface area contributed by atoms with Crippen LogP contribution in [-0.4, -0.2) is 14.2 Å². The van der Waals surface area contributed by atoms with E-state index in [1.165, 1.54) is 0 Å². The molecule has 0 heterocycles. The number of hydrogen-bond acceptors (Lipinski definition) is 4. The molecule has 0 atom stereocenters. The first-order valence-electron chi connectivity index (χ1n) is 4.21. The molecule has 0 bridgehead atoms. The first-order chi connectivity index (χ1) is 6.81. The van der Waals surface area contributed by atoms with E-state index in [9.17, 15) is 0 Å². The Hall–Kier alpha value is -1.84. The van der Waals surface area contributed by atoms with Crippen molar-refractivity contribution in [2.75, 3.05) is 14.2 Å². The number of ether oxygens (including phenoxy) is 1. The van der Waals surface area contributed by atoms with Gasteiger partial charge in [0.1, 0.15) is 11.4 Å². The highest BCUT2D eigenvalue weighted by Crippen LogP contribution is 2.18. The van der Waals surface area contributed by atoms with E-state index in [2.05, 4.69) is 10.4 Å². The molecule has 4 nitrogen and oxygen atoms in total. The van der Waals surface area contributed by atoms with Gasteiger partial charge in [-0.15, -0.1) is 0 Å². The zero-order chi connectivity index (χ0) is 10.4. The summed E-state index contributed by atoms with van der Waals surface area (Å²) in [5, 5.41) is 6.25. The third kappa shape index (κ3) is 2.32. The Balaban J connectivity index is 2.95. The van der Waals surface area contributed by atoms with Crippen LogP contribution >= 0.6 is 0 Å². The molecule has 74 valence electrons. The fourth-order valence-corrected chi connectivity index (χ4v) is 1.08. The molecule has 0 aliphatic heterocycles. The fourth-order valence-electron chi connectivity index (χ4n) is 1.08. The van der Waals surface area contributed by atoms with Crippen molar-refractivity contribution in [2.24, 2.45) is 5.11 Å². The summed E-state index contributed by atoms with van der Waals surface area (Å²) in [4.78, 5) is 0. The first kappa shape index (κ1) is 10.2. The summed E-state index contributed by atoms with van der Waals surface area (Å²) >= 11 is 0. The van der Waals surface area contributed by atoms with Gasteiger partial charge in [0.15, 0.2) is 0 Å². The summed E-state index contributed by atoms with van der Waals surface area (Å²) in [6.45, 7) is 0. The molecule has 0 saturated carbocycles. The van der Waals surface area contributed by atoms with E-state index in [1.807, 2.05) is 24.3 Å². The molecule has 0 aromatic heterocycles. The van der Waals surface area contributed by atoms with Crippen molar-refractivity contribution in [1.82, 2.24) is 5.32 Å². The van der Waals surface area contributed by atoms with Gasteiger partial charge in [0.05, 0.1) is 7.11 Å². The molecule has 0 saturated heterocycles. The summed E-state index contributed by atoms with van der Waals surface area (Å²) in [6, 6.07) is 7.40. The van der Waals surface area contributed by atoms with Crippen LogP contribution in [-0.2, 0) is 0 Å². The van der Waals surface area contributed by atoms with Crippen molar-refractivity contribution in [1.29, 1.82) is 5.53 Å². The molecule has 14 heavy (non-hydrogen) atoms. The van der Waals surface area contributed by atoms with E-state index in [1.54, 1.807) is 20.4 Å². The lowest BCUT2D eigenvalue weighted by Crippen LogP contribution is -1.94. The number of methoxy groups -OCH3 is 1. The van der Waals surface area contributed by atoms with Crippen molar-refractivity contribution in [3.05, 3.63) is 36.0 Å². The van der Waals surface area contributed by atoms with Crippen LogP contribution in [0.3, 0.4) is 0 Å². The third-order valence-electron chi connectivity index (χ3n) is 1.79. The van der Waals surface area contributed by atoms with Gasteiger partial charge in [-0.25, -0.2) is 5.53 Å². The molecule has 0 unspecified atom stereocenters. The molecule has 1 aromatic rings. The van der Waals surface area contributed by atoms with Gasteiger partial charge < -0.3 is 10.1 Å². The highest BCUT2D eigenvalue weighted by atomic mass is 16.5. The maximum atomic E-state index is 6.98. The molecule has 4 heteroatoms. The average Bonchev–Trinajstić information content (AvgIpc) is 2.26. The number of rotatable bonds is 4. The second-order valence-corrected chi connectivity index (χ2v) is 2.66. The van der Waals surface area contributed by atoms with Crippen LogP contribution in [0, 0.1) is 5.53 Å². The maximum Gasteiger partial charge on any atom is 0.118 e. The molecular formula is C10H13N3O. The summed E-state index contributed by atoms with van der Waals surface area (Å²) in [6.07, 6.45) is 1.68. The zero-order valence-corrected chi connectivity index (χ0v) is 8.24. The maximum absolute atomic E-state index is 6.98. The van der Waals surface area contributed by atoms with Gasteiger partial charge >= 0.3 is 0 Å². The molecule has 0 amide bonds. The lowest BCUT2D eigenvalue weighted by molar-refractivity contribution is 0.415. The summed E-state index contributed by atoms with van der Waals surface area (Å²) in [7, 11) is 3.39. The van der Waals surface area contributed by atoms with E-state index in [0.29, 0.717) is 5.70 Å². The predicted octanol–water partition coefficient (Wildman–Crippen LogP) is 2.24. The van der Waals surface area contributed by atoms with E-state index < -0.39 is 0 Å². The minimum absolute atomic E-state index is 0.593. The lowest BCUT2D eigenvalue weighted by atomic mass is 10.1. The Labute approximate surface area is 83.1 Å². The van der Waals surface area contributed by atoms with E-state index >= 15 is 0 Å². The van der Waals surface area contributed by atoms with Crippen molar-refractivity contribution in [3.63, 3.8) is 0 Å². The molecule has 0 spiro atoms. The second-order valence-electron chi connectivity index (χ2n) is 2.66. The van der Waals surface area contributed by atoms with Crippen LogP contribution in [0.25, 0.3) is 5.70 Å². The monoisotopic (exact) mass is 191 g/mol. The lowest BCUT2D eigenvalue weighted by Gasteiger charge is -2.02. The van der Waals surface area contributed by atoms with Crippen LogP contribution in [0.2, 0.25) is 0 Å². The van der Waals surface area contributed by atoms with Crippen LogP contribution in [0.4, 0.5) is 0 Å². The molecule has 0 fully saturated rings. The molecule has 0 radical (unpaired) electrons. The van der Waals surface area contributed by atoms with Gasteiger partial charge in [-0.3, -0.25) is 0 Å². The Morgan fingerprint density at radius 2 is 2.07 bits per heavy atom. The van der Waals surface area contributed by atoms with Gasteiger partial charge in [-0.2, -0.15) is 5.11 Å². The fraction of sp³-hybridized carbons (Fsp3) is 0.200. The summed E-state index contributed by atoms with van der Waals surface area (Å²) in [5.41, 5.74) is 8.46. The van der Waals surface area contributed by atoms with E-state index in [4.69, 9.17) is 10.3 Å². The summed E-state index contributed by atoms with van der Waals surface area (Å²) in [5.74, 6) is 0.794. The van der Waals surface area contributed by atoms with Gasteiger partial charge in [-0.1, -0.05) is 0 Å². The number of nitrogens with zero attached hydrogens (tertiary/aromatic N) is 1. The minimum atomic E-state index is 0.593. The van der Waals surface area contributed by atoms with Crippen molar-refractivity contribution in [2.45, 2.75) is 0 Å². The highest BCUT2D eigenvalue weighted by molar-refractivity contribution is 5.64. The van der Waals surface area contributed by atoms with Crippen molar-refractivity contribution >= 4 is 5.70 Å². The zero-order valence-electron chi connectivity index (χ0n) is 8.24. The number of benzene rings is 1. The highest BCUT2D eigenvalue weighted by Gasteiger charge is 1.99. The SMILES string of the molecule is CN/C=C(\N=N)c1ccc(OC)cc1. The van der Waals surface area contributed by atoms with E-state index in [-0.39, 0.29) is 0 Å². The van der Waals surface area contributed by atoms with Crippen LogP contribution in [0.1, 0.15) is 5.56 Å². The Kier molecular flexibility index (Phi) is 3.67. The minimum Gasteiger partial charge on any atom is -0.497 e. The largest absolute Gasteiger partial charge is 0.497 e. The average molecular weight is 191 g/mol. The Morgan fingerprint density at radius 1 is 1.43 bits per heavy atom. The van der Waals surface area contributed by atoms with Crippen molar-refractivity contribution in [3.8, 4) is 5.75 Å². The van der Waals surface area contributed by atoms with Crippen molar-refractivity contribution < 1.29 is 4.74 Å². The number of nitrogens with one attached hydrogen (secondary N) is 2. The Morgan fingerprint density at radius 3 is 2.50 bits per heavy atom. The van der Waals surface area contributed by atoms with Crippen LogP contribution in [0.15, 0.2) is 35.6 Å². The standard InChI is InChI=1S/C10H13N3O/c1-12-7-10(13-11)8-3-5-9(14-2)6-4-8/h3-7,11-12H,1-2H3/b10-7-,13-11?. The van der Waals surface area contributed by atoms with Gasteiger partial charge in [-0.05, 0) is 24.3 Å². The molecule has 1 rings (SSSR count). The van der Waals surface area contributed by atoms with E-state index in [0.717, 1.165) is 11.3 Å². The van der Waals surface area contributed by atoms with Gasteiger partial charge in [0, 0.05) is 18.8 Å². The Bertz CT molecular complexity index is 330. The quantitative estimate of drug-likeness (QED) is 0.717. The number of hydrogen-bond donors (Lipinski definition) is 2. The molecule has 0 aliphatic rings. The third-order valence-corrected chi connectivity index (χ3v) is 1.79. The van der Waals surface area contributed by atoms with Gasteiger partial charge in [0.2, 0.25) is 0 Å². The van der Waals surface area contributed by atoms with Crippen LogP contribution in [0.5, 0.6) is 5.75 Å². The first-order valence-corrected chi connectivity index (χ1v) is 4.21. The molecular weight excluding hydrogens is 178 g/mol. The topological polar surface area (TPSA) is 57.5 Å². The smallest absolute Gasteiger partial charge is 0.118 e. The van der Waals surface area contributed by atoms with Gasteiger partial charge in [0.25, 0.3) is 0 Å². The molecule has 2 N–H and O–H groups in total. The summed E-state index contributed by atoms with van der Waals surface area (Å²) < 4.78 is 5.03.